The first-order chi connectivity index (χ1) is 7.88. The predicted molar refractivity (Wildman–Crippen MR) is 71.4 cm³/mol. The van der Waals surface area contributed by atoms with Gasteiger partial charge in [-0.25, -0.2) is 12.7 Å². The molecule has 100 valence electrons. The van der Waals surface area contributed by atoms with E-state index < -0.39 is 15.6 Å². The maximum absolute atomic E-state index is 11.7. The van der Waals surface area contributed by atoms with Crippen LogP contribution >= 0.6 is 12.2 Å². The summed E-state index contributed by atoms with van der Waals surface area (Å²) >= 11 is 5.04. The number of thiocarbonyl (C=S) groups is 1. The van der Waals surface area contributed by atoms with Crippen LogP contribution in [0.4, 0.5) is 0 Å². The summed E-state index contributed by atoms with van der Waals surface area (Å²) in [7, 11) is -3.12. The molecule has 0 unspecified atom stereocenters. The van der Waals surface area contributed by atoms with Crippen LogP contribution in [0.5, 0.6) is 0 Å². The lowest BCUT2D eigenvalue weighted by atomic mass is 9.92. The number of rotatable bonds is 5. The molecule has 1 aliphatic heterocycles. The second kappa shape index (κ2) is 5.60. The zero-order valence-corrected chi connectivity index (χ0v) is 11.9. The lowest BCUT2D eigenvalue weighted by Crippen LogP contribution is -2.54. The largest absolute Gasteiger partial charge is 0.391 e. The van der Waals surface area contributed by atoms with Gasteiger partial charge in [-0.15, -0.1) is 0 Å². The fourth-order valence-corrected chi connectivity index (χ4v) is 3.41. The molecule has 7 heteroatoms. The fourth-order valence-electron chi connectivity index (χ4n) is 2.05. The topological polar surface area (TPSA) is 72.6 Å². The summed E-state index contributed by atoms with van der Waals surface area (Å²) < 4.78 is 30.6. The van der Waals surface area contributed by atoms with Gasteiger partial charge in [-0.1, -0.05) is 12.2 Å². The molecule has 0 aromatic rings. The van der Waals surface area contributed by atoms with Gasteiger partial charge in [-0.05, 0) is 26.7 Å². The Morgan fingerprint density at radius 2 is 1.94 bits per heavy atom. The molecule has 1 heterocycles. The Morgan fingerprint density at radius 3 is 2.29 bits per heavy atom. The van der Waals surface area contributed by atoms with E-state index in [1.807, 2.05) is 6.92 Å². The first kappa shape index (κ1) is 14.8. The summed E-state index contributed by atoms with van der Waals surface area (Å²) in [5, 5.41) is 0. The molecule has 5 nitrogen and oxygen atoms in total. The number of hydrogen-bond acceptors (Lipinski definition) is 4. The van der Waals surface area contributed by atoms with Crippen LogP contribution in [-0.2, 0) is 14.8 Å². The highest BCUT2D eigenvalue weighted by molar-refractivity contribution is 7.89. The van der Waals surface area contributed by atoms with Gasteiger partial charge < -0.3 is 10.5 Å². The number of piperidine rings is 1. The van der Waals surface area contributed by atoms with Crippen LogP contribution in [0.1, 0.15) is 26.7 Å². The number of sulfonamides is 1. The van der Waals surface area contributed by atoms with Crippen molar-refractivity contribution in [3.8, 4) is 0 Å². The summed E-state index contributed by atoms with van der Waals surface area (Å²) in [5.74, 6) is 0.127. The molecule has 1 saturated heterocycles. The molecule has 1 rings (SSSR count). The van der Waals surface area contributed by atoms with Gasteiger partial charge in [0.2, 0.25) is 10.0 Å². The second-order valence-electron chi connectivity index (χ2n) is 4.09. The van der Waals surface area contributed by atoms with Gasteiger partial charge in [0.05, 0.1) is 5.75 Å². The van der Waals surface area contributed by atoms with Crippen LogP contribution in [0, 0.1) is 0 Å². The van der Waals surface area contributed by atoms with E-state index in [2.05, 4.69) is 0 Å². The van der Waals surface area contributed by atoms with Crippen LogP contribution in [-0.4, -0.2) is 48.8 Å². The van der Waals surface area contributed by atoms with Crippen LogP contribution < -0.4 is 5.73 Å². The molecule has 1 fully saturated rings. The lowest BCUT2D eigenvalue weighted by Gasteiger charge is -2.40. The van der Waals surface area contributed by atoms with Gasteiger partial charge in [0.25, 0.3) is 0 Å². The second-order valence-corrected chi connectivity index (χ2v) is 6.79. The molecule has 0 aliphatic carbocycles. The van der Waals surface area contributed by atoms with E-state index in [1.54, 1.807) is 6.92 Å². The summed E-state index contributed by atoms with van der Waals surface area (Å²) in [5.41, 5.74) is 5.09. The number of nitrogens with zero attached hydrogens (tertiary/aromatic N) is 1. The summed E-state index contributed by atoms with van der Waals surface area (Å²) in [6, 6.07) is 0. The Balaban J connectivity index is 2.75. The highest BCUT2D eigenvalue weighted by Crippen LogP contribution is 2.28. The van der Waals surface area contributed by atoms with Crippen LogP contribution in [0.25, 0.3) is 0 Å². The average Bonchev–Trinajstić information content (AvgIpc) is 2.30. The Morgan fingerprint density at radius 1 is 1.41 bits per heavy atom. The van der Waals surface area contributed by atoms with Crippen molar-refractivity contribution in [3.05, 3.63) is 0 Å². The first-order valence-corrected chi connectivity index (χ1v) is 7.81. The van der Waals surface area contributed by atoms with Crippen molar-refractivity contribution in [3.63, 3.8) is 0 Å². The third-order valence-corrected chi connectivity index (χ3v) is 5.41. The van der Waals surface area contributed by atoms with Gasteiger partial charge in [0, 0.05) is 19.7 Å². The summed E-state index contributed by atoms with van der Waals surface area (Å²) in [6.07, 6.45) is 1.07. The SMILES string of the molecule is CCOC1(C(N)=S)CCN(S(=O)(=O)CC)CC1. The molecule has 0 radical (unpaired) electrons. The van der Waals surface area contributed by atoms with E-state index in [9.17, 15) is 8.42 Å². The minimum absolute atomic E-state index is 0.127. The van der Waals surface area contributed by atoms with Crippen LogP contribution in [0.3, 0.4) is 0 Å². The molecule has 17 heavy (non-hydrogen) atoms. The van der Waals surface area contributed by atoms with E-state index in [1.165, 1.54) is 4.31 Å². The molecule has 0 amide bonds. The monoisotopic (exact) mass is 280 g/mol. The summed E-state index contributed by atoms with van der Waals surface area (Å²) in [4.78, 5) is 0.327. The highest BCUT2D eigenvalue weighted by atomic mass is 32.2. The highest BCUT2D eigenvalue weighted by Gasteiger charge is 2.40. The van der Waals surface area contributed by atoms with Gasteiger partial charge >= 0.3 is 0 Å². The van der Waals surface area contributed by atoms with E-state index in [-0.39, 0.29) is 5.75 Å². The Bertz CT molecular complexity index is 373. The molecule has 0 spiro atoms. The average molecular weight is 280 g/mol. The van der Waals surface area contributed by atoms with Crippen molar-refractivity contribution < 1.29 is 13.2 Å². The maximum atomic E-state index is 11.7. The van der Waals surface area contributed by atoms with E-state index in [0.717, 1.165) is 0 Å². The van der Waals surface area contributed by atoms with Gasteiger partial charge in [0.1, 0.15) is 10.6 Å². The minimum atomic E-state index is -3.12. The molecule has 0 bridgehead atoms. The van der Waals surface area contributed by atoms with Crippen LogP contribution in [0.2, 0.25) is 0 Å². The Labute approximate surface area is 108 Å². The van der Waals surface area contributed by atoms with Gasteiger partial charge in [0.15, 0.2) is 0 Å². The zero-order valence-electron chi connectivity index (χ0n) is 10.3. The molecule has 0 aromatic carbocycles. The summed E-state index contributed by atoms with van der Waals surface area (Å²) in [6.45, 7) is 4.90. The Kier molecular flexibility index (Phi) is 4.88. The van der Waals surface area contributed by atoms with Crippen molar-refractivity contribution in [2.75, 3.05) is 25.4 Å². The standard InChI is InChI=1S/C10H20N2O3S2/c1-3-15-10(9(11)16)5-7-12(8-6-10)17(13,14)4-2/h3-8H2,1-2H3,(H2,11,16). The quantitative estimate of drug-likeness (QED) is 0.742. The van der Waals surface area contributed by atoms with Gasteiger partial charge in [-0.3, -0.25) is 0 Å². The fraction of sp³-hybridized carbons (Fsp3) is 0.900. The first-order valence-electron chi connectivity index (χ1n) is 5.79. The number of nitrogens with two attached hydrogens (primary N) is 1. The minimum Gasteiger partial charge on any atom is -0.391 e. The smallest absolute Gasteiger partial charge is 0.213 e. The number of hydrogen-bond donors (Lipinski definition) is 1. The molecule has 1 aliphatic rings. The van der Waals surface area contributed by atoms with Crippen molar-refractivity contribution in [2.45, 2.75) is 32.3 Å². The lowest BCUT2D eigenvalue weighted by molar-refractivity contribution is -0.0163. The third kappa shape index (κ3) is 3.15. The maximum Gasteiger partial charge on any atom is 0.213 e. The molecule has 0 atom stereocenters. The number of ether oxygens (including phenoxy) is 1. The molecular weight excluding hydrogens is 260 g/mol. The third-order valence-electron chi connectivity index (χ3n) is 3.16. The molecular formula is C10H20N2O3S2. The molecule has 0 saturated carbocycles. The van der Waals surface area contributed by atoms with E-state index in [0.29, 0.717) is 37.5 Å². The van der Waals surface area contributed by atoms with Crippen molar-refractivity contribution in [1.82, 2.24) is 4.31 Å². The predicted octanol–water partition coefficient (Wildman–Crippen LogP) is 0.493. The normalized spacial score (nSPS) is 21.3. The van der Waals surface area contributed by atoms with E-state index >= 15 is 0 Å². The zero-order chi connectivity index (χ0) is 13.1. The van der Waals surface area contributed by atoms with Gasteiger partial charge in [-0.2, -0.15) is 0 Å². The van der Waals surface area contributed by atoms with E-state index in [4.69, 9.17) is 22.7 Å². The molecule has 0 aromatic heterocycles. The van der Waals surface area contributed by atoms with Crippen molar-refractivity contribution in [2.24, 2.45) is 5.73 Å². The van der Waals surface area contributed by atoms with Crippen LogP contribution in [0.15, 0.2) is 0 Å². The van der Waals surface area contributed by atoms with Crippen molar-refractivity contribution in [1.29, 1.82) is 0 Å². The van der Waals surface area contributed by atoms with Crippen molar-refractivity contribution >= 4 is 27.2 Å². The Hall–Kier alpha value is -0.240. The molecule has 2 N–H and O–H groups in total.